The molecule has 0 fully saturated rings. The third kappa shape index (κ3) is 6.29. The third-order valence-corrected chi connectivity index (χ3v) is 5.41. The van der Waals surface area contributed by atoms with Gasteiger partial charge >= 0.3 is 17.8 Å². The predicted octanol–water partition coefficient (Wildman–Crippen LogP) is 4.33. The van der Waals surface area contributed by atoms with Gasteiger partial charge in [0.1, 0.15) is 0 Å². The standard InChI is InChI=1S/C25H22BrN3O5/c1-3-17-8-4-7-11-20(17)28-23(30)24(31)29-27-15-16-12-13-21(22(14-16)33-2)34-25(32)18-9-5-6-10-19(18)26/h4-15H,3H2,1-2H3,(H,28,30)(H,29,31)/b27-15+. The number of para-hydroxylation sites is 1. The number of halogens is 1. The van der Waals surface area contributed by atoms with Crippen LogP contribution in [0.5, 0.6) is 11.5 Å². The Balaban J connectivity index is 1.62. The first-order chi connectivity index (χ1) is 16.4. The summed E-state index contributed by atoms with van der Waals surface area (Å²) in [5, 5.41) is 6.39. The van der Waals surface area contributed by atoms with Crippen LogP contribution in [0.4, 0.5) is 5.69 Å². The van der Waals surface area contributed by atoms with E-state index in [1.807, 2.05) is 19.1 Å². The molecule has 0 aliphatic heterocycles. The number of benzene rings is 3. The Kier molecular flexibility index (Phi) is 8.53. The first-order valence-corrected chi connectivity index (χ1v) is 11.1. The van der Waals surface area contributed by atoms with Crippen molar-refractivity contribution in [2.24, 2.45) is 5.10 Å². The molecule has 0 aliphatic carbocycles. The minimum atomic E-state index is -0.909. The van der Waals surface area contributed by atoms with Crippen LogP contribution in [0.2, 0.25) is 0 Å². The van der Waals surface area contributed by atoms with E-state index in [1.165, 1.54) is 13.3 Å². The van der Waals surface area contributed by atoms with Crippen LogP contribution in [-0.2, 0) is 16.0 Å². The Bertz CT molecular complexity index is 1240. The summed E-state index contributed by atoms with van der Waals surface area (Å²) in [6.45, 7) is 1.95. The molecule has 8 nitrogen and oxygen atoms in total. The number of nitrogens with one attached hydrogen (secondary N) is 2. The molecule has 34 heavy (non-hydrogen) atoms. The summed E-state index contributed by atoms with van der Waals surface area (Å²) < 4.78 is 11.4. The summed E-state index contributed by atoms with van der Waals surface area (Å²) in [5.41, 5.74) is 4.60. The van der Waals surface area contributed by atoms with Crippen molar-refractivity contribution in [1.82, 2.24) is 5.43 Å². The van der Waals surface area contributed by atoms with E-state index in [0.29, 0.717) is 33.5 Å². The van der Waals surface area contributed by atoms with Crippen molar-refractivity contribution in [3.05, 3.63) is 87.9 Å². The van der Waals surface area contributed by atoms with Gasteiger partial charge in [-0.2, -0.15) is 5.10 Å². The Morgan fingerprint density at radius 3 is 2.44 bits per heavy atom. The lowest BCUT2D eigenvalue weighted by Gasteiger charge is -2.10. The van der Waals surface area contributed by atoms with E-state index < -0.39 is 17.8 Å². The zero-order valence-corrected chi connectivity index (χ0v) is 20.1. The van der Waals surface area contributed by atoms with Crippen LogP contribution < -0.4 is 20.2 Å². The molecule has 0 radical (unpaired) electrons. The molecule has 2 amide bonds. The summed E-state index contributed by atoms with van der Waals surface area (Å²) in [7, 11) is 1.44. The highest BCUT2D eigenvalue weighted by atomic mass is 79.9. The molecule has 3 aromatic carbocycles. The summed E-state index contributed by atoms with van der Waals surface area (Å²) >= 11 is 3.32. The van der Waals surface area contributed by atoms with Crippen molar-refractivity contribution in [1.29, 1.82) is 0 Å². The van der Waals surface area contributed by atoms with Crippen LogP contribution in [0.1, 0.15) is 28.4 Å². The molecule has 3 aromatic rings. The molecule has 0 heterocycles. The van der Waals surface area contributed by atoms with E-state index in [9.17, 15) is 14.4 Å². The maximum Gasteiger partial charge on any atom is 0.344 e. The van der Waals surface area contributed by atoms with E-state index in [4.69, 9.17) is 9.47 Å². The van der Waals surface area contributed by atoms with E-state index >= 15 is 0 Å². The fraction of sp³-hybridized carbons (Fsp3) is 0.120. The van der Waals surface area contributed by atoms with Crippen LogP contribution in [0.3, 0.4) is 0 Å². The molecular formula is C25H22BrN3O5. The van der Waals surface area contributed by atoms with E-state index in [-0.39, 0.29) is 5.75 Å². The van der Waals surface area contributed by atoms with Gasteiger partial charge in [-0.15, -0.1) is 0 Å². The van der Waals surface area contributed by atoms with Crippen LogP contribution in [0.15, 0.2) is 76.3 Å². The van der Waals surface area contributed by atoms with Gasteiger partial charge < -0.3 is 14.8 Å². The first-order valence-electron chi connectivity index (χ1n) is 10.3. The Hall–Kier alpha value is -3.98. The molecule has 0 aliphatic rings. The highest BCUT2D eigenvalue weighted by molar-refractivity contribution is 9.10. The van der Waals surface area contributed by atoms with Crippen molar-refractivity contribution in [2.45, 2.75) is 13.3 Å². The van der Waals surface area contributed by atoms with E-state index in [1.54, 1.807) is 54.6 Å². The highest BCUT2D eigenvalue weighted by Gasteiger charge is 2.16. The number of esters is 1. The SMILES string of the molecule is CCc1ccccc1NC(=O)C(=O)N/N=C/c1ccc(OC(=O)c2ccccc2Br)c(OC)c1. The normalized spacial score (nSPS) is 10.6. The van der Waals surface area contributed by atoms with Gasteiger partial charge in [-0.3, -0.25) is 9.59 Å². The lowest BCUT2D eigenvalue weighted by molar-refractivity contribution is -0.136. The Labute approximate surface area is 205 Å². The van der Waals surface area contributed by atoms with Gasteiger partial charge in [0.25, 0.3) is 0 Å². The molecule has 0 spiro atoms. The lowest BCUT2D eigenvalue weighted by Crippen LogP contribution is -2.32. The van der Waals surface area contributed by atoms with Gasteiger partial charge in [-0.05, 0) is 69.9 Å². The zero-order valence-electron chi connectivity index (χ0n) is 18.5. The van der Waals surface area contributed by atoms with Gasteiger partial charge in [0.2, 0.25) is 0 Å². The quantitative estimate of drug-likeness (QED) is 0.157. The average molecular weight is 524 g/mol. The number of nitrogens with zero attached hydrogens (tertiary/aromatic N) is 1. The summed E-state index contributed by atoms with van der Waals surface area (Å²) in [6.07, 6.45) is 2.05. The molecule has 3 rings (SSSR count). The molecule has 0 saturated carbocycles. The molecule has 0 aromatic heterocycles. The number of anilines is 1. The minimum Gasteiger partial charge on any atom is -0.493 e. The fourth-order valence-electron chi connectivity index (χ4n) is 2.98. The van der Waals surface area contributed by atoms with Crippen LogP contribution in [0, 0.1) is 0 Å². The second kappa shape index (κ2) is 11.8. The summed E-state index contributed by atoms with van der Waals surface area (Å²) in [6, 6.07) is 18.9. The number of hydrazone groups is 1. The van der Waals surface area contributed by atoms with E-state index in [0.717, 1.165) is 5.56 Å². The Morgan fingerprint density at radius 2 is 1.71 bits per heavy atom. The van der Waals surface area contributed by atoms with Crippen molar-refractivity contribution in [3.63, 3.8) is 0 Å². The van der Waals surface area contributed by atoms with Crippen molar-refractivity contribution in [2.75, 3.05) is 12.4 Å². The predicted molar refractivity (Wildman–Crippen MR) is 132 cm³/mol. The number of methoxy groups -OCH3 is 1. The molecule has 0 atom stereocenters. The second-order valence-electron chi connectivity index (χ2n) is 6.94. The molecule has 0 unspecified atom stereocenters. The number of ether oxygens (including phenoxy) is 2. The number of amides is 2. The number of hydrogen-bond acceptors (Lipinski definition) is 6. The second-order valence-corrected chi connectivity index (χ2v) is 7.80. The van der Waals surface area contributed by atoms with Gasteiger partial charge in [0, 0.05) is 10.2 Å². The zero-order chi connectivity index (χ0) is 24.5. The molecule has 0 saturated heterocycles. The monoisotopic (exact) mass is 523 g/mol. The third-order valence-electron chi connectivity index (χ3n) is 4.72. The number of hydrogen-bond donors (Lipinski definition) is 2. The van der Waals surface area contributed by atoms with E-state index in [2.05, 4.69) is 31.8 Å². The molecule has 0 bridgehead atoms. The molecule has 174 valence electrons. The molecular weight excluding hydrogens is 502 g/mol. The summed E-state index contributed by atoms with van der Waals surface area (Å²) in [4.78, 5) is 36.7. The molecule has 9 heteroatoms. The van der Waals surface area contributed by atoms with Gasteiger partial charge in [-0.1, -0.05) is 37.3 Å². The van der Waals surface area contributed by atoms with Crippen LogP contribution in [-0.4, -0.2) is 31.1 Å². The number of carbonyl (C=O) groups excluding carboxylic acids is 3. The topological polar surface area (TPSA) is 106 Å². The fourth-order valence-corrected chi connectivity index (χ4v) is 3.42. The Morgan fingerprint density at radius 1 is 0.971 bits per heavy atom. The maximum atomic E-state index is 12.5. The first kappa shape index (κ1) is 24.7. The van der Waals surface area contributed by atoms with Crippen LogP contribution in [0.25, 0.3) is 0 Å². The average Bonchev–Trinajstić information content (AvgIpc) is 2.85. The summed E-state index contributed by atoms with van der Waals surface area (Å²) in [5.74, 6) is -1.77. The largest absolute Gasteiger partial charge is 0.493 e. The maximum absolute atomic E-state index is 12.5. The van der Waals surface area contributed by atoms with Crippen molar-refractivity contribution < 1.29 is 23.9 Å². The number of rotatable bonds is 7. The highest BCUT2D eigenvalue weighted by Crippen LogP contribution is 2.29. The smallest absolute Gasteiger partial charge is 0.344 e. The number of aryl methyl sites for hydroxylation is 1. The van der Waals surface area contributed by atoms with Crippen molar-refractivity contribution >= 4 is 45.6 Å². The van der Waals surface area contributed by atoms with Gasteiger partial charge in [0.05, 0.1) is 18.9 Å². The lowest BCUT2D eigenvalue weighted by atomic mass is 10.1. The molecule has 2 N–H and O–H groups in total. The number of carbonyl (C=O) groups is 3. The van der Waals surface area contributed by atoms with Crippen molar-refractivity contribution in [3.8, 4) is 11.5 Å². The van der Waals surface area contributed by atoms with Gasteiger partial charge in [-0.25, -0.2) is 10.2 Å². The minimum absolute atomic E-state index is 0.221. The van der Waals surface area contributed by atoms with Crippen LogP contribution >= 0.6 is 15.9 Å². The van der Waals surface area contributed by atoms with Gasteiger partial charge in [0.15, 0.2) is 11.5 Å².